The summed E-state index contributed by atoms with van der Waals surface area (Å²) in [6.45, 7) is 0. The molecule has 3 heterocycles. The van der Waals surface area contributed by atoms with Gasteiger partial charge >= 0.3 is 5.97 Å². The summed E-state index contributed by atoms with van der Waals surface area (Å²) in [5.41, 5.74) is 1.87. The van der Waals surface area contributed by atoms with E-state index in [9.17, 15) is 4.79 Å². The highest BCUT2D eigenvalue weighted by Gasteiger charge is 2.16. The average Bonchev–Trinajstić information content (AvgIpc) is 2.92. The second kappa shape index (κ2) is 3.10. The number of carbonyl (C=O) groups is 1. The zero-order chi connectivity index (χ0) is 11.1. The lowest BCUT2D eigenvalue weighted by Gasteiger charge is -1.98. The van der Waals surface area contributed by atoms with Gasteiger partial charge in [0, 0.05) is 11.6 Å². The number of rotatable bonds is 1. The van der Waals surface area contributed by atoms with Gasteiger partial charge in [0.15, 0.2) is 0 Å². The summed E-state index contributed by atoms with van der Waals surface area (Å²) in [7, 11) is 1.35. The third-order valence-corrected chi connectivity index (χ3v) is 2.52. The van der Waals surface area contributed by atoms with Crippen LogP contribution in [0, 0.1) is 0 Å². The highest BCUT2D eigenvalue weighted by molar-refractivity contribution is 6.06. The van der Waals surface area contributed by atoms with Gasteiger partial charge in [-0.15, -0.1) is 0 Å². The normalized spacial score (nSPS) is 11.1. The van der Waals surface area contributed by atoms with Crippen molar-refractivity contribution in [2.75, 3.05) is 7.11 Å². The first-order valence-corrected chi connectivity index (χ1v) is 4.73. The minimum Gasteiger partial charge on any atom is -0.465 e. The SMILES string of the molecule is COC(=O)c1cnn2ccc3occc3c12. The highest BCUT2D eigenvalue weighted by atomic mass is 16.5. The molecule has 0 atom stereocenters. The fourth-order valence-corrected chi connectivity index (χ4v) is 1.79. The first kappa shape index (κ1) is 8.96. The molecular formula is C11H8N2O3. The average molecular weight is 216 g/mol. The standard InChI is InChI=1S/C11H8N2O3/c1-15-11(14)8-6-12-13-4-2-9-7(10(8)13)3-5-16-9/h2-6H,1H3. The van der Waals surface area contributed by atoms with Crippen molar-refractivity contribution in [3.05, 3.63) is 36.4 Å². The Bertz CT molecular complexity index is 681. The molecule has 3 aromatic heterocycles. The summed E-state index contributed by atoms with van der Waals surface area (Å²) in [6.07, 6.45) is 4.82. The van der Waals surface area contributed by atoms with Crippen molar-refractivity contribution in [3.63, 3.8) is 0 Å². The fraction of sp³-hybridized carbons (Fsp3) is 0.0909. The van der Waals surface area contributed by atoms with Crippen LogP contribution in [0.15, 0.2) is 35.2 Å². The van der Waals surface area contributed by atoms with Crippen LogP contribution in [0.3, 0.4) is 0 Å². The van der Waals surface area contributed by atoms with Gasteiger partial charge < -0.3 is 9.15 Å². The van der Waals surface area contributed by atoms with Gasteiger partial charge in [-0.25, -0.2) is 9.31 Å². The van der Waals surface area contributed by atoms with Gasteiger partial charge in [0.05, 0.1) is 25.1 Å². The van der Waals surface area contributed by atoms with Gasteiger partial charge in [0.1, 0.15) is 11.1 Å². The maximum absolute atomic E-state index is 11.5. The molecule has 0 aliphatic heterocycles. The summed E-state index contributed by atoms with van der Waals surface area (Å²) < 4.78 is 11.6. The van der Waals surface area contributed by atoms with E-state index in [0.29, 0.717) is 11.1 Å². The van der Waals surface area contributed by atoms with Crippen LogP contribution in [0.2, 0.25) is 0 Å². The number of methoxy groups -OCH3 is 1. The van der Waals surface area contributed by atoms with Crippen LogP contribution in [0.1, 0.15) is 10.4 Å². The monoisotopic (exact) mass is 216 g/mol. The van der Waals surface area contributed by atoms with Crippen molar-refractivity contribution in [1.82, 2.24) is 9.61 Å². The molecule has 5 nitrogen and oxygen atoms in total. The summed E-state index contributed by atoms with van der Waals surface area (Å²) >= 11 is 0. The van der Waals surface area contributed by atoms with Crippen LogP contribution in [-0.2, 0) is 4.74 Å². The molecule has 3 aromatic rings. The number of furan rings is 1. The quantitative estimate of drug-likeness (QED) is 0.582. The van der Waals surface area contributed by atoms with Gasteiger partial charge in [-0.1, -0.05) is 0 Å². The first-order chi connectivity index (χ1) is 7.81. The summed E-state index contributed by atoms with van der Waals surface area (Å²) in [5.74, 6) is -0.399. The molecule has 0 bridgehead atoms. The number of esters is 1. The Morgan fingerprint density at radius 1 is 1.50 bits per heavy atom. The van der Waals surface area contributed by atoms with Crippen LogP contribution in [0.25, 0.3) is 16.5 Å². The lowest BCUT2D eigenvalue weighted by atomic mass is 10.2. The lowest BCUT2D eigenvalue weighted by Crippen LogP contribution is -2.00. The van der Waals surface area contributed by atoms with E-state index in [1.165, 1.54) is 13.3 Å². The van der Waals surface area contributed by atoms with Gasteiger partial charge in [0.25, 0.3) is 0 Å². The Hall–Kier alpha value is -2.30. The van der Waals surface area contributed by atoms with E-state index < -0.39 is 5.97 Å². The van der Waals surface area contributed by atoms with Crippen LogP contribution >= 0.6 is 0 Å². The van der Waals surface area contributed by atoms with Crippen molar-refractivity contribution in [3.8, 4) is 0 Å². The van der Waals surface area contributed by atoms with Gasteiger partial charge in [-0.2, -0.15) is 5.10 Å². The van der Waals surface area contributed by atoms with Crippen LogP contribution in [-0.4, -0.2) is 22.7 Å². The topological polar surface area (TPSA) is 56.7 Å². The first-order valence-electron chi connectivity index (χ1n) is 4.73. The molecule has 0 fully saturated rings. The van der Waals surface area contributed by atoms with E-state index in [1.807, 2.05) is 0 Å². The van der Waals surface area contributed by atoms with Crippen LogP contribution < -0.4 is 0 Å². The molecule has 0 aliphatic rings. The Morgan fingerprint density at radius 2 is 2.38 bits per heavy atom. The van der Waals surface area contributed by atoms with Crippen molar-refractivity contribution < 1.29 is 13.9 Å². The molecule has 0 aliphatic carbocycles. The number of hydrogen-bond donors (Lipinski definition) is 0. The minimum absolute atomic E-state index is 0.399. The maximum atomic E-state index is 11.5. The van der Waals surface area contributed by atoms with Crippen molar-refractivity contribution in [2.45, 2.75) is 0 Å². The third-order valence-electron chi connectivity index (χ3n) is 2.52. The largest absolute Gasteiger partial charge is 0.465 e. The summed E-state index contributed by atoms with van der Waals surface area (Å²) in [6, 6.07) is 3.61. The Balaban J connectivity index is 2.45. The second-order valence-electron chi connectivity index (χ2n) is 3.36. The predicted molar refractivity (Wildman–Crippen MR) is 56.3 cm³/mol. The van der Waals surface area contributed by atoms with E-state index >= 15 is 0 Å². The van der Waals surface area contributed by atoms with Gasteiger partial charge in [-0.3, -0.25) is 0 Å². The zero-order valence-corrected chi connectivity index (χ0v) is 8.51. The van der Waals surface area contributed by atoms with Gasteiger partial charge in [-0.05, 0) is 12.1 Å². The molecule has 0 spiro atoms. The van der Waals surface area contributed by atoms with E-state index in [1.54, 1.807) is 29.1 Å². The predicted octanol–water partition coefficient (Wildman–Crippen LogP) is 1.87. The molecule has 0 amide bonds. The van der Waals surface area contributed by atoms with Gasteiger partial charge in [0.2, 0.25) is 0 Å². The van der Waals surface area contributed by atoms with E-state index in [-0.39, 0.29) is 0 Å². The highest BCUT2D eigenvalue weighted by Crippen LogP contribution is 2.24. The molecule has 0 aromatic carbocycles. The number of nitrogens with zero attached hydrogens (tertiary/aromatic N) is 2. The number of hydrogen-bond acceptors (Lipinski definition) is 4. The molecular weight excluding hydrogens is 208 g/mol. The maximum Gasteiger partial charge on any atom is 0.341 e. The molecule has 5 heteroatoms. The minimum atomic E-state index is -0.399. The van der Waals surface area contributed by atoms with Crippen molar-refractivity contribution in [2.24, 2.45) is 0 Å². The molecule has 0 N–H and O–H groups in total. The molecule has 0 saturated heterocycles. The summed E-state index contributed by atoms with van der Waals surface area (Å²) in [4.78, 5) is 11.5. The van der Waals surface area contributed by atoms with E-state index in [2.05, 4.69) is 5.10 Å². The molecule has 0 unspecified atom stereocenters. The number of pyridine rings is 1. The lowest BCUT2D eigenvalue weighted by molar-refractivity contribution is 0.0603. The number of carbonyl (C=O) groups excluding carboxylic acids is 1. The molecule has 16 heavy (non-hydrogen) atoms. The van der Waals surface area contributed by atoms with E-state index in [4.69, 9.17) is 9.15 Å². The number of ether oxygens (including phenoxy) is 1. The smallest absolute Gasteiger partial charge is 0.341 e. The molecule has 0 radical (unpaired) electrons. The fourth-order valence-electron chi connectivity index (χ4n) is 1.79. The number of fused-ring (bicyclic) bond motifs is 3. The Labute approximate surface area is 90.2 Å². The van der Waals surface area contributed by atoms with Crippen LogP contribution in [0.5, 0.6) is 0 Å². The molecule has 0 saturated carbocycles. The van der Waals surface area contributed by atoms with Crippen molar-refractivity contribution >= 4 is 22.5 Å². The van der Waals surface area contributed by atoms with Crippen molar-refractivity contribution in [1.29, 1.82) is 0 Å². The third kappa shape index (κ3) is 1.05. The zero-order valence-electron chi connectivity index (χ0n) is 8.51. The molecule has 3 rings (SSSR count). The second-order valence-corrected chi connectivity index (χ2v) is 3.36. The molecule has 80 valence electrons. The van der Waals surface area contributed by atoms with E-state index in [0.717, 1.165) is 11.0 Å². The Kier molecular flexibility index (Phi) is 1.73. The summed E-state index contributed by atoms with van der Waals surface area (Å²) in [5, 5.41) is 4.94. The Morgan fingerprint density at radius 3 is 3.19 bits per heavy atom. The number of aromatic nitrogens is 2. The van der Waals surface area contributed by atoms with Crippen LogP contribution in [0.4, 0.5) is 0 Å².